The summed E-state index contributed by atoms with van der Waals surface area (Å²) in [6, 6.07) is 11.2. The molecular weight excluding hydrogens is 289 g/mol. The predicted octanol–water partition coefficient (Wildman–Crippen LogP) is 4.98. The SMILES string of the molecule is COc1ccc2c(c1)CCCC2Nc1ccc(Cl)c(F)c1. The Balaban J connectivity index is 1.86. The Morgan fingerprint density at radius 3 is 2.86 bits per heavy atom. The van der Waals surface area contributed by atoms with Crippen LogP contribution in [0, 0.1) is 5.82 Å². The number of ether oxygens (including phenoxy) is 1. The third-order valence-corrected chi connectivity index (χ3v) is 4.23. The van der Waals surface area contributed by atoms with E-state index >= 15 is 0 Å². The lowest BCUT2D eigenvalue weighted by atomic mass is 9.87. The lowest BCUT2D eigenvalue weighted by molar-refractivity contribution is 0.413. The topological polar surface area (TPSA) is 21.3 Å². The Morgan fingerprint density at radius 1 is 1.24 bits per heavy atom. The van der Waals surface area contributed by atoms with Crippen LogP contribution >= 0.6 is 11.6 Å². The molecule has 1 aliphatic rings. The summed E-state index contributed by atoms with van der Waals surface area (Å²) in [5.74, 6) is 0.486. The van der Waals surface area contributed by atoms with E-state index in [1.165, 1.54) is 17.2 Å². The highest BCUT2D eigenvalue weighted by Gasteiger charge is 2.20. The van der Waals surface area contributed by atoms with Crippen molar-refractivity contribution in [3.05, 3.63) is 58.4 Å². The highest BCUT2D eigenvalue weighted by molar-refractivity contribution is 6.30. The van der Waals surface area contributed by atoms with E-state index in [2.05, 4.69) is 17.4 Å². The quantitative estimate of drug-likeness (QED) is 0.863. The molecule has 4 heteroatoms. The van der Waals surface area contributed by atoms with E-state index in [9.17, 15) is 4.39 Å². The molecule has 1 atom stereocenters. The van der Waals surface area contributed by atoms with Crippen molar-refractivity contribution in [3.63, 3.8) is 0 Å². The lowest BCUT2D eigenvalue weighted by Gasteiger charge is -2.27. The monoisotopic (exact) mass is 305 g/mol. The Kier molecular flexibility index (Phi) is 4.02. The predicted molar refractivity (Wildman–Crippen MR) is 83.7 cm³/mol. The summed E-state index contributed by atoms with van der Waals surface area (Å²) in [6.07, 6.45) is 3.19. The number of aryl methyl sites for hydroxylation is 1. The van der Waals surface area contributed by atoms with Gasteiger partial charge in [0.1, 0.15) is 11.6 Å². The fourth-order valence-corrected chi connectivity index (χ4v) is 2.97. The molecule has 2 aromatic carbocycles. The molecule has 2 nitrogen and oxygen atoms in total. The van der Waals surface area contributed by atoms with Gasteiger partial charge in [0.15, 0.2) is 0 Å². The molecule has 0 bridgehead atoms. The van der Waals surface area contributed by atoms with Gasteiger partial charge in [0, 0.05) is 5.69 Å². The van der Waals surface area contributed by atoms with Crippen LogP contribution in [0.1, 0.15) is 30.0 Å². The lowest BCUT2D eigenvalue weighted by Crippen LogP contribution is -2.17. The summed E-state index contributed by atoms with van der Waals surface area (Å²) in [6.45, 7) is 0. The third kappa shape index (κ3) is 2.98. The molecule has 0 saturated heterocycles. The first-order valence-corrected chi connectivity index (χ1v) is 7.43. The number of hydrogen-bond donors (Lipinski definition) is 1. The third-order valence-electron chi connectivity index (χ3n) is 3.92. The Hall–Kier alpha value is -1.74. The van der Waals surface area contributed by atoms with Crippen molar-refractivity contribution in [2.45, 2.75) is 25.3 Å². The van der Waals surface area contributed by atoms with Gasteiger partial charge in [-0.3, -0.25) is 0 Å². The van der Waals surface area contributed by atoms with Crippen LogP contribution in [0.2, 0.25) is 5.02 Å². The van der Waals surface area contributed by atoms with E-state index < -0.39 is 5.82 Å². The number of benzene rings is 2. The number of hydrogen-bond acceptors (Lipinski definition) is 2. The standard InChI is InChI=1S/C17H17ClFNO/c1-21-13-6-7-14-11(9-13)3-2-4-17(14)20-12-5-8-15(18)16(19)10-12/h5-10,17,20H,2-4H2,1H3. The van der Waals surface area contributed by atoms with Gasteiger partial charge in [-0.05, 0) is 60.7 Å². The van der Waals surface area contributed by atoms with Gasteiger partial charge < -0.3 is 10.1 Å². The van der Waals surface area contributed by atoms with Crippen LogP contribution in [-0.4, -0.2) is 7.11 Å². The van der Waals surface area contributed by atoms with Gasteiger partial charge >= 0.3 is 0 Å². The summed E-state index contributed by atoms with van der Waals surface area (Å²) in [5.41, 5.74) is 3.32. The zero-order valence-corrected chi connectivity index (χ0v) is 12.6. The second-order valence-electron chi connectivity index (χ2n) is 5.28. The molecule has 0 saturated carbocycles. The summed E-state index contributed by atoms with van der Waals surface area (Å²) in [4.78, 5) is 0. The first-order valence-electron chi connectivity index (χ1n) is 7.06. The molecular formula is C17H17ClFNO. The summed E-state index contributed by atoms with van der Waals surface area (Å²) >= 11 is 5.72. The van der Waals surface area contributed by atoms with E-state index in [0.717, 1.165) is 30.7 Å². The highest BCUT2D eigenvalue weighted by atomic mass is 35.5. The summed E-state index contributed by atoms with van der Waals surface area (Å²) < 4.78 is 18.8. The van der Waals surface area contributed by atoms with Crippen LogP contribution in [0.5, 0.6) is 5.75 Å². The first-order chi connectivity index (χ1) is 10.2. The molecule has 0 aromatic heterocycles. The smallest absolute Gasteiger partial charge is 0.143 e. The molecule has 0 heterocycles. The van der Waals surface area contributed by atoms with Crippen molar-refractivity contribution in [1.29, 1.82) is 0 Å². The molecule has 1 unspecified atom stereocenters. The molecule has 0 amide bonds. The summed E-state index contributed by atoms with van der Waals surface area (Å²) in [7, 11) is 1.68. The van der Waals surface area contributed by atoms with Crippen LogP contribution in [0.4, 0.5) is 10.1 Å². The number of halogens is 2. The normalized spacial score (nSPS) is 17.2. The first kappa shape index (κ1) is 14.2. The van der Waals surface area contributed by atoms with E-state index in [1.807, 2.05) is 12.1 Å². The van der Waals surface area contributed by atoms with Crippen molar-refractivity contribution in [3.8, 4) is 5.75 Å². The second-order valence-corrected chi connectivity index (χ2v) is 5.69. The van der Waals surface area contributed by atoms with Gasteiger partial charge in [-0.25, -0.2) is 4.39 Å². The van der Waals surface area contributed by atoms with Gasteiger partial charge in [0.25, 0.3) is 0 Å². The minimum Gasteiger partial charge on any atom is -0.497 e. The van der Waals surface area contributed by atoms with Gasteiger partial charge in [0.2, 0.25) is 0 Å². The van der Waals surface area contributed by atoms with Crippen molar-refractivity contribution < 1.29 is 9.13 Å². The number of methoxy groups -OCH3 is 1. The second kappa shape index (κ2) is 5.94. The molecule has 1 aliphatic carbocycles. The van der Waals surface area contributed by atoms with E-state index in [0.29, 0.717) is 0 Å². The molecule has 3 rings (SSSR count). The minimum absolute atomic E-state index is 0.148. The van der Waals surface area contributed by atoms with Gasteiger partial charge in [0.05, 0.1) is 18.2 Å². The summed E-state index contributed by atoms with van der Waals surface area (Å²) in [5, 5.41) is 3.55. The van der Waals surface area contributed by atoms with Crippen LogP contribution < -0.4 is 10.1 Å². The molecule has 1 N–H and O–H groups in total. The van der Waals surface area contributed by atoms with E-state index in [4.69, 9.17) is 16.3 Å². The molecule has 0 aliphatic heterocycles. The van der Waals surface area contributed by atoms with Crippen molar-refractivity contribution in [2.75, 3.05) is 12.4 Å². The van der Waals surface area contributed by atoms with Crippen molar-refractivity contribution in [1.82, 2.24) is 0 Å². The maximum Gasteiger partial charge on any atom is 0.143 e. The highest BCUT2D eigenvalue weighted by Crippen LogP contribution is 2.34. The van der Waals surface area contributed by atoms with Crippen LogP contribution in [0.15, 0.2) is 36.4 Å². The van der Waals surface area contributed by atoms with E-state index in [-0.39, 0.29) is 11.1 Å². The molecule has 0 radical (unpaired) electrons. The molecule has 0 fully saturated rings. The number of anilines is 1. The molecule has 21 heavy (non-hydrogen) atoms. The number of nitrogens with one attached hydrogen (secondary N) is 1. The fraction of sp³-hybridized carbons (Fsp3) is 0.294. The minimum atomic E-state index is -0.396. The van der Waals surface area contributed by atoms with Crippen molar-refractivity contribution >= 4 is 17.3 Å². The maximum atomic E-state index is 13.5. The van der Waals surface area contributed by atoms with Crippen LogP contribution in [0.25, 0.3) is 0 Å². The Morgan fingerprint density at radius 2 is 2.10 bits per heavy atom. The van der Waals surface area contributed by atoms with Crippen LogP contribution in [0.3, 0.4) is 0 Å². The van der Waals surface area contributed by atoms with Crippen LogP contribution in [-0.2, 0) is 6.42 Å². The average molecular weight is 306 g/mol. The van der Waals surface area contributed by atoms with Gasteiger partial charge in [-0.1, -0.05) is 17.7 Å². The van der Waals surface area contributed by atoms with Crippen molar-refractivity contribution in [2.24, 2.45) is 0 Å². The largest absolute Gasteiger partial charge is 0.497 e. The molecule has 0 spiro atoms. The number of fused-ring (bicyclic) bond motifs is 1. The van der Waals surface area contributed by atoms with Gasteiger partial charge in [-0.15, -0.1) is 0 Å². The number of rotatable bonds is 3. The Bertz CT molecular complexity index is 659. The fourth-order valence-electron chi connectivity index (χ4n) is 2.85. The van der Waals surface area contributed by atoms with Gasteiger partial charge in [-0.2, -0.15) is 0 Å². The molecule has 110 valence electrons. The molecule has 2 aromatic rings. The average Bonchev–Trinajstić information content (AvgIpc) is 2.50. The zero-order chi connectivity index (χ0) is 14.8. The Labute approximate surface area is 128 Å². The van der Waals surface area contributed by atoms with E-state index in [1.54, 1.807) is 13.2 Å². The zero-order valence-electron chi connectivity index (χ0n) is 11.8. The maximum absolute atomic E-state index is 13.5.